The standard InChI is InChI=1S/C22H26N8/c1-15-23-21-17-9-4-5-10-18(17)24-22(30(21)27-15)28-12-7-8-16(14-28)20-26-25-19-11-3-2-6-13-29(19)20/h4-5,9-10,16H,2-3,6-8,11-14H2,1H3. The zero-order valence-corrected chi connectivity index (χ0v) is 17.3. The van der Waals surface area contributed by atoms with Crippen molar-refractivity contribution in [2.75, 3.05) is 18.0 Å². The van der Waals surface area contributed by atoms with E-state index < -0.39 is 0 Å². The first-order valence-corrected chi connectivity index (χ1v) is 11.1. The molecule has 5 heterocycles. The number of para-hydroxylation sites is 1. The van der Waals surface area contributed by atoms with Crippen LogP contribution < -0.4 is 4.90 Å². The maximum Gasteiger partial charge on any atom is 0.229 e. The number of rotatable bonds is 2. The molecule has 1 unspecified atom stereocenters. The van der Waals surface area contributed by atoms with Crippen molar-refractivity contribution < 1.29 is 0 Å². The summed E-state index contributed by atoms with van der Waals surface area (Å²) in [5.41, 5.74) is 1.84. The predicted molar refractivity (Wildman–Crippen MR) is 115 cm³/mol. The maximum absolute atomic E-state index is 5.00. The Morgan fingerprint density at radius 1 is 0.967 bits per heavy atom. The van der Waals surface area contributed by atoms with E-state index in [4.69, 9.17) is 9.97 Å². The number of piperidine rings is 1. The smallest absolute Gasteiger partial charge is 0.229 e. The van der Waals surface area contributed by atoms with Gasteiger partial charge in [0.15, 0.2) is 5.65 Å². The van der Waals surface area contributed by atoms with E-state index in [1.54, 1.807) is 0 Å². The normalized spacial score (nSPS) is 19.9. The minimum Gasteiger partial charge on any atom is -0.340 e. The van der Waals surface area contributed by atoms with Gasteiger partial charge in [0.2, 0.25) is 5.95 Å². The Morgan fingerprint density at radius 3 is 2.87 bits per heavy atom. The van der Waals surface area contributed by atoms with Crippen LogP contribution in [0.3, 0.4) is 0 Å². The minimum absolute atomic E-state index is 0.367. The van der Waals surface area contributed by atoms with Gasteiger partial charge in [-0.25, -0.2) is 9.97 Å². The summed E-state index contributed by atoms with van der Waals surface area (Å²) in [6.45, 7) is 4.85. The van der Waals surface area contributed by atoms with Crippen molar-refractivity contribution in [3.05, 3.63) is 41.7 Å². The van der Waals surface area contributed by atoms with Gasteiger partial charge >= 0.3 is 0 Å². The van der Waals surface area contributed by atoms with Crippen LogP contribution in [0.1, 0.15) is 55.5 Å². The molecule has 0 saturated carbocycles. The van der Waals surface area contributed by atoms with Gasteiger partial charge in [0.25, 0.3) is 0 Å². The summed E-state index contributed by atoms with van der Waals surface area (Å²) < 4.78 is 4.31. The van der Waals surface area contributed by atoms with E-state index in [0.29, 0.717) is 5.92 Å². The summed E-state index contributed by atoms with van der Waals surface area (Å²) in [6.07, 6.45) is 7.02. The first-order chi connectivity index (χ1) is 14.8. The van der Waals surface area contributed by atoms with Crippen LogP contribution in [0.5, 0.6) is 0 Å². The van der Waals surface area contributed by atoms with E-state index in [9.17, 15) is 0 Å². The zero-order chi connectivity index (χ0) is 20.1. The van der Waals surface area contributed by atoms with Crippen LogP contribution in [0.25, 0.3) is 16.6 Å². The number of anilines is 1. The number of hydrogen-bond donors (Lipinski definition) is 0. The van der Waals surface area contributed by atoms with E-state index in [0.717, 1.165) is 78.9 Å². The zero-order valence-electron chi connectivity index (χ0n) is 17.3. The number of nitrogens with zero attached hydrogens (tertiary/aromatic N) is 8. The van der Waals surface area contributed by atoms with Gasteiger partial charge in [-0.3, -0.25) is 0 Å². The van der Waals surface area contributed by atoms with E-state index in [1.807, 2.05) is 23.6 Å². The molecule has 1 atom stereocenters. The van der Waals surface area contributed by atoms with Crippen LogP contribution in [0, 0.1) is 6.92 Å². The molecule has 1 aromatic carbocycles. The molecule has 4 aromatic rings. The first kappa shape index (κ1) is 17.8. The summed E-state index contributed by atoms with van der Waals surface area (Å²) >= 11 is 0. The number of aryl methyl sites for hydroxylation is 2. The summed E-state index contributed by atoms with van der Waals surface area (Å²) in [5.74, 6) is 4.34. The fourth-order valence-electron chi connectivity index (χ4n) is 5.03. The fraction of sp³-hybridized carbons (Fsp3) is 0.500. The Bertz CT molecular complexity index is 1220. The molecule has 1 saturated heterocycles. The third kappa shape index (κ3) is 2.85. The molecule has 0 spiro atoms. The summed E-state index contributed by atoms with van der Waals surface area (Å²) in [5, 5.41) is 14.9. The van der Waals surface area contributed by atoms with Crippen molar-refractivity contribution in [3.63, 3.8) is 0 Å². The van der Waals surface area contributed by atoms with Gasteiger partial charge in [0.1, 0.15) is 17.5 Å². The highest BCUT2D eigenvalue weighted by Gasteiger charge is 2.29. The number of benzene rings is 1. The average Bonchev–Trinajstić information content (AvgIpc) is 3.29. The van der Waals surface area contributed by atoms with Crippen LogP contribution in [-0.2, 0) is 13.0 Å². The quantitative estimate of drug-likeness (QED) is 0.512. The molecule has 30 heavy (non-hydrogen) atoms. The third-order valence-corrected chi connectivity index (χ3v) is 6.48. The molecular weight excluding hydrogens is 376 g/mol. The number of fused-ring (bicyclic) bond motifs is 4. The molecule has 0 N–H and O–H groups in total. The van der Waals surface area contributed by atoms with Gasteiger partial charge in [0, 0.05) is 37.4 Å². The molecule has 154 valence electrons. The molecule has 0 amide bonds. The SMILES string of the molecule is Cc1nc2c3ccccc3nc(N3CCCC(c4nnc5n4CCCCC5)C3)n2n1. The van der Waals surface area contributed by atoms with Crippen molar-refractivity contribution in [2.24, 2.45) is 0 Å². The maximum atomic E-state index is 5.00. The Kier molecular flexibility index (Phi) is 4.17. The lowest BCUT2D eigenvalue weighted by Gasteiger charge is -2.33. The highest BCUT2D eigenvalue weighted by molar-refractivity contribution is 5.92. The molecule has 0 bridgehead atoms. The largest absolute Gasteiger partial charge is 0.340 e. The van der Waals surface area contributed by atoms with Gasteiger partial charge in [-0.1, -0.05) is 18.6 Å². The molecule has 8 heteroatoms. The Morgan fingerprint density at radius 2 is 1.90 bits per heavy atom. The molecule has 0 radical (unpaired) electrons. The molecule has 8 nitrogen and oxygen atoms in total. The Hall–Kier alpha value is -3.03. The van der Waals surface area contributed by atoms with E-state index >= 15 is 0 Å². The van der Waals surface area contributed by atoms with Crippen LogP contribution in [0.2, 0.25) is 0 Å². The highest BCUT2D eigenvalue weighted by Crippen LogP contribution is 2.31. The van der Waals surface area contributed by atoms with E-state index in [2.05, 4.69) is 36.9 Å². The lowest BCUT2D eigenvalue weighted by atomic mass is 9.97. The second-order valence-electron chi connectivity index (χ2n) is 8.55. The minimum atomic E-state index is 0.367. The molecular formula is C22H26N8. The monoisotopic (exact) mass is 402 g/mol. The summed E-state index contributed by atoms with van der Waals surface area (Å²) in [7, 11) is 0. The van der Waals surface area contributed by atoms with Crippen molar-refractivity contribution in [1.82, 2.24) is 34.3 Å². The molecule has 6 rings (SSSR count). The first-order valence-electron chi connectivity index (χ1n) is 11.1. The molecule has 2 aliphatic heterocycles. The lowest BCUT2D eigenvalue weighted by Crippen LogP contribution is -2.37. The molecule has 2 aliphatic rings. The van der Waals surface area contributed by atoms with Gasteiger partial charge in [-0.05, 0) is 44.7 Å². The van der Waals surface area contributed by atoms with Crippen molar-refractivity contribution in [3.8, 4) is 0 Å². The molecule has 3 aromatic heterocycles. The van der Waals surface area contributed by atoms with Crippen molar-refractivity contribution in [2.45, 2.75) is 57.9 Å². The Balaban J connectivity index is 1.40. The van der Waals surface area contributed by atoms with Crippen LogP contribution in [0.4, 0.5) is 5.95 Å². The van der Waals surface area contributed by atoms with E-state index in [-0.39, 0.29) is 0 Å². The Labute approximate surface area is 175 Å². The predicted octanol–water partition coefficient (Wildman–Crippen LogP) is 3.29. The number of aromatic nitrogens is 7. The van der Waals surface area contributed by atoms with Gasteiger partial charge in [0.05, 0.1) is 5.52 Å². The summed E-state index contributed by atoms with van der Waals surface area (Å²) in [4.78, 5) is 12.1. The van der Waals surface area contributed by atoms with Gasteiger partial charge < -0.3 is 9.47 Å². The highest BCUT2D eigenvalue weighted by atomic mass is 15.4. The number of hydrogen-bond acceptors (Lipinski definition) is 6. The second-order valence-corrected chi connectivity index (χ2v) is 8.55. The van der Waals surface area contributed by atoms with E-state index in [1.165, 1.54) is 19.3 Å². The second kappa shape index (κ2) is 7.04. The lowest BCUT2D eigenvalue weighted by molar-refractivity contribution is 0.460. The van der Waals surface area contributed by atoms with Gasteiger partial charge in [-0.2, -0.15) is 4.52 Å². The average molecular weight is 403 g/mol. The van der Waals surface area contributed by atoms with Crippen molar-refractivity contribution >= 4 is 22.5 Å². The topological polar surface area (TPSA) is 77.0 Å². The van der Waals surface area contributed by atoms with Gasteiger partial charge in [-0.15, -0.1) is 15.3 Å². The van der Waals surface area contributed by atoms with Crippen LogP contribution in [0.15, 0.2) is 24.3 Å². The summed E-state index contributed by atoms with van der Waals surface area (Å²) in [6, 6.07) is 8.19. The van der Waals surface area contributed by atoms with Crippen LogP contribution in [-0.4, -0.2) is 47.4 Å². The molecule has 1 fully saturated rings. The fourth-order valence-corrected chi connectivity index (χ4v) is 5.03. The third-order valence-electron chi connectivity index (χ3n) is 6.48. The van der Waals surface area contributed by atoms with Crippen molar-refractivity contribution in [1.29, 1.82) is 0 Å². The molecule has 0 aliphatic carbocycles. The van der Waals surface area contributed by atoms with Crippen LogP contribution >= 0.6 is 0 Å².